The zero-order valence-electron chi connectivity index (χ0n) is 11.1. The molecule has 2 nitrogen and oxygen atoms in total. The Morgan fingerprint density at radius 1 is 1.24 bits per heavy atom. The summed E-state index contributed by atoms with van der Waals surface area (Å²) in [6.45, 7) is 1.88. The van der Waals surface area contributed by atoms with Gasteiger partial charge in [0.05, 0.1) is 5.69 Å². The Morgan fingerprint density at radius 2 is 1.95 bits per heavy atom. The maximum absolute atomic E-state index is 12.5. The molecule has 0 saturated heterocycles. The lowest BCUT2D eigenvalue weighted by Crippen LogP contribution is -2.12. The van der Waals surface area contributed by atoms with Gasteiger partial charge in [-0.3, -0.25) is 4.79 Å². The molecule has 0 spiro atoms. The molecule has 2 rings (SSSR count). The lowest BCUT2D eigenvalue weighted by atomic mass is 10.1. The van der Waals surface area contributed by atoms with Crippen molar-refractivity contribution in [3.8, 4) is 0 Å². The Labute approximate surface area is 134 Å². The lowest BCUT2D eigenvalue weighted by Gasteiger charge is -2.11. The second kappa shape index (κ2) is 7.04. The van der Waals surface area contributed by atoms with Gasteiger partial charge in [-0.2, -0.15) is 8.78 Å². The van der Waals surface area contributed by atoms with E-state index in [2.05, 4.69) is 21.2 Å². The minimum absolute atomic E-state index is 0.326. The highest BCUT2D eigenvalue weighted by atomic mass is 79.9. The van der Waals surface area contributed by atoms with Gasteiger partial charge in [0.2, 0.25) is 0 Å². The van der Waals surface area contributed by atoms with Crippen molar-refractivity contribution in [2.75, 3.05) is 5.32 Å². The minimum atomic E-state index is -2.53. The molecule has 0 atom stereocenters. The first-order chi connectivity index (χ1) is 9.97. The van der Waals surface area contributed by atoms with E-state index in [4.69, 9.17) is 0 Å². The normalized spacial score (nSPS) is 10.7. The molecule has 0 unspecified atom stereocenters. The average Bonchev–Trinajstić information content (AvgIpc) is 2.43. The SMILES string of the molecule is Cc1cc(C(=O)Nc2ccccc2SC(F)F)ccc1Br. The van der Waals surface area contributed by atoms with Crippen molar-refractivity contribution in [1.29, 1.82) is 0 Å². The van der Waals surface area contributed by atoms with E-state index in [-0.39, 0.29) is 5.91 Å². The zero-order valence-corrected chi connectivity index (χ0v) is 13.5. The number of nitrogens with one attached hydrogen (secondary N) is 1. The third kappa shape index (κ3) is 4.28. The van der Waals surface area contributed by atoms with Crippen LogP contribution in [0.1, 0.15) is 15.9 Å². The summed E-state index contributed by atoms with van der Waals surface area (Å²) in [5.74, 6) is -2.86. The Hall–Kier alpha value is -1.40. The molecular weight excluding hydrogens is 360 g/mol. The quantitative estimate of drug-likeness (QED) is 0.736. The van der Waals surface area contributed by atoms with Crippen LogP contribution in [0.25, 0.3) is 0 Å². The van der Waals surface area contributed by atoms with E-state index in [9.17, 15) is 13.6 Å². The molecule has 1 N–H and O–H groups in total. The summed E-state index contributed by atoms with van der Waals surface area (Å²) in [5, 5.41) is 2.67. The fraction of sp³-hybridized carbons (Fsp3) is 0.133. The number of carbonyl (C=O) groups excluding carboxylic acids is 1. The van der Waals surface area contributed by atoms with Gasteiger partial charge in [-0.05, 0) is 42.8 Å². The van der Waals surface area contributed by atoms with Crippen molar-refractivity contribution >= 4 is 39.3 Å². The molecule has 0 aromatic heterocycles. The number of anilines is 1. The van der Waals surface area contributed by atoms with Crippen LogP contribution < -0.4 is 5.32 Å². The molecule has 21 heavy (non-hydrogen) atoms. The fourth-order valence-electron chi connectivity index (χ4n) is 1.75. The Balaban J connectivity index is 2.21. The van der Waals surface area contributed by atoms with Gasteiger partial charge in [-0.1, -0.05) is 39.8 Å². The number of alkyl halides is 2. The molecule has 2 aromatic carbocycles. The number of para-hydroxylation sites is 1. The number of carbonyl (C=O) groups is 1. The highest BCUT2D eigenvalue weighted by molar-refractivity contribution is 9.10. The molecule has 0 radical (unpaired) electrons. The van der Waals surface area contributed by atoms with Crippen LogP contribution in [0.2, 0.25) is 0 Å². The fourth-order valence-corrected chi connectivity index (χ4v) is 2.59. The van der Waals surface area contributed by atoms with Crippen LogP contribution in [-0.2, 0) is 0 Å². The molecule has 0 aliphatic rings. The molecule has 2 aromatic rings. The first-order valence-electron chi connectivity index (χ1n) is 6.08. The van der Waals surface area contributed by atoms with E-state index in [1.165, 1.54) is 0 Å². The van der Waals surface area contributed by atoms with Crippen LogP contribution in [-0.4, -0.2) is 11.7 Å². The van der Waals surface area contributed by atoms with Gasteiger partial charge in [0, 0.05) is 14.9 Å². The molecule has 0 aliphatic heterocycles. The van der Waals surface area contributed by atoms with Gasteiger partial charge in [0.1, 0.15) is 0 Å². The van der Waals surface area contributed by atoms with Gasteiger partial charge >= 0.3 is 0 Å². The van der Waals surface area contributed by atoms with Crippen LogP contribution in [0.5, 0.6) is 0 Å². The number of hydrogen-bond acceptors (Lipinski definition) is 2. The largest absolute Gasteiger partial charge is 0.321 e. The van der Waals surface area contributed by atoms with Crippen LogP contribution in [0.4, 0.5) is 14.5 Å². The Morgan fingerprint density at radius 3 is 2.62 bits per heavy atom. The number of benzene rings is 2. The van der Waals surface area contributed by atoms with Gasteiger partial charge < -0.3 is 5.32 Å². The summed E-state index contributed by atoms with van der Waals surface area (Å²) >= 11 is 3.78. The first kappa shape index (κ1) is 16.0. The topological polar surface area (TPSA) is 29.1 Å². The van der Waals surface area contributed by atoms with Gasteiger partial charge in [0.25, 0.3) is 11.7 Å². The maximum atomic E-state index is 12.5. The van der Waals surface area contributed by atoms with Crippen LogP contribution >= 0.6 is 27.7 Å². The van der Waals surface area contributed by atoms with Crippen molar-refractivity contribution < 1.29 is 13.6 Å². The monoisotopic (exact) mass is 371 g/mol. The van der Waals surface area contributed by atoms with Crippen molar-refractivity contribution in [2.45, 2.75) is 17.6 Å². The number of amides is 1. The molecule has 0 fully saturated rings. The van der Waals surface area contributed by atoms with E-state index in [0.29, 0.717) is 27.9 Å². The van der Waals surface area contributed by atoms with Crippen molar-refractivity contribution in [3.63, 3.8) is 0 Å². The van der Waals surface area contributed by atoms with Crippen LogP contribution in [0.15, 0.2) is 51.8 Å². The van der Waals surface area contributed by atoms with Crippen LogP contribution in [0.3, 0.4) is 0 Å². The van der Waals surface area contributed by atoms with Crippen LogP contribution in [0, 0.1) is 6.92 Å². The van der Waals surface area contributed by atoms with Crippen molar-refractivity contribution in [3.05, 3.63) is 58.1 Å². The van der Waals surface area contributed by atoms with Gasteiger partial charge in [-0.15, -0.1) is 0 Å². The molecule has 6 heteroatoms. The standard InChI is InChI=1S/C15H12BrF2NOS/c1-9-8-10(6-7-11(9)16)14(20)19-12-4-2-3-5-13(12)21-15(17)18/h2-8,15H,1H3,(H,19,20). The maximum Gasteiger partial charge on any atom is 0.288 e. The second-order valence-electron chi connectivity index (χ2n) is 4.29. The molecule has 1 amide bonds. The number of aryl methyl sites for hydroxylation is 1. The summed E-state index contributed by atoms with van der Waals surface area (Å²) in [7, 11) is 0. The third-order valence-electron chi connectivity index (χ3n) is 2.77. The summed E-state index contributed by atoms with van der Waals surface area (Å²) in [5.41, 5.74) is 1.79. The Kier molecular flexibility index (Phi) is 5.36. The summed E-state index contributed by atoms with van der Waals surface area (Å²) in [6, 6.07) is 11.7. The summed E-state index contributed by atoms with van der Waals surface area (Å²) in [6.07, 6.45) is 0. The number of halogens is 3. The summed E-state index contributed by atoms with van der Waals surface area (Å²) < 4.78 is 25.9. The van der Waals surface area contributed by atoms with Crippen molar-refractivity contribution in [2.24, 2.45) is 0 Å². The van der Waals surface area contributed by atoms with Gasteiger partial charge in [-0.25, -0.2) is 0 Å². The van der Waals surface area contributed by atoms with Crippen molar-refractivity contribution in [1.82, 2.24) is 0 Å². The highest BCUT2D eigenvalue weighted by Gasteiger charge is 2.13. The average molecular weight is 372 g/mol. The molecule has 110 valence electrons. The second-order valence-corrected chi connectivity index (χ2v) is 6.18. The predicted octanol–water partition coefficient (Wildman–Crippen LogP) is 5.32. The molecular formula is C15H12BrF2NOS. The van der Waals surface area contributed by atoms with Gasteiger partial charge in [0.15, 0.2) is 0 Å². The smallest absolute Gasteiger partial charge is 0.288 e. The zero-order chi connectivity index (χ0) is 15.4. The Bertz CT molecular complexity index is 664. The van der Waals surface area contributed by atoms with E-state index in [1.807, 2.05) is 6.92 Å². The predicted molar refractivity (Wildman–Crippen MR) is 85.1 cm³/mol. The highest BCUT2D eigenvalue weighted by Crippen LogP contribution is 2.32. The molecule has 0 saturated carbocycles. The number of thioether (sulfide) groups is 1. The number of hydrogen-bond donors (Lipinski definition) is 1. The molecule has 0 bridgehead atoms. The molecule has 0 aliphatic carbocycles. The number of rotatable bonds is 4. The van der Waals surface area contributed by atoms with E-state index in [1.54, 1.807) is 42.5 Å². The third-order valence-corrected chi connectivity index (χ3v) is 4.45. The lowest BCUT2D eigenvalue weighted by molar-refractivity contribution is 0.102. The van der Waals surface area contributed by atoms with E-state index < -0.39 is 5.76 Å². The minimum Gasteiger partial charge on any atom is -0.321 e. The first-order valence-corrected chi connectivity index (χ1v) is 7.76. The summed E-state index contributed by atoms with van der Waals surface area (Å²) in [4.78, 5) is 12.5. The van der Waals surface area contributed by atoms with E-state index in [0.717, 1.165) is 10.0 Å². The van der Waals surface area contributed by atoms with E-state index >= 15 is 0 Å². The molecule has 0 heterocycles.